The molecule has 1 heterocycles. The summed E-state index contributed by atoms with van der Waals surface area (Å²) in [5, 5.41) is 0. The van der Waals surface area contributed by atoms with E-state index < -0.39 is 0 Å². The average Bonchev–Trinajstić information content (AvgIpc) is 2.88. The van der Waals surface area contributed by atoms with Crippen molar-refractivity contribution in [3.05, 3.63) is 29.3 Å². The molecule has 0 bridgehead atoms. The van der Waals surface area contributed by atoms with Gasteiger partial charge in [0.25, 0.3) is 0 Å². The predicted octanol–water partition coefficient (Wildman–Crippen LogP) is 4.37. The Morgan fingerprint density at radius 3 is 2.00 bits per heavy atom. The molecular formula is C17H27NO. The van der Waals surface area contributed by atoms with E-state index in [1.54, 1.807) is 0 Å². The molecule has 1 aromatic rings. The van der Waals surface area contributed by atoms with Gasteiger partial charge in [-0.3, -0.25) is 4.90 Å². The zero-order chi connectivity index (χ0) is 13.8. The minimum atomic E-state index is 0.507. The maximum absolute atomic E-state index is 6.20. The first kappa shape index (κ1) is 14.4. The normalized spacial score (nSPS) is 16.5. The zero-order valence-corrected chi connectivity index (χ0v) is 12.8. The quantitative estimate of drug-likeness (QED) is 0.780. The molecule has 0 N–H and O–H groups in total. The lowest BCUT2D eigenvalue weighted by Gasteiger charge is -2.22. The molecule has 0 spiro atoms. The van der Waals surface area contributed by atoms with E-state index in [4.69, 9.17) is 4.74 Å². The Hall–Kier alpha value is -1.02. The van der Waals surface area contributed by atoms with E-state index in [-0.39, 0.29) is 0 Å². The standard InChI is InChI=1S/C17H27NO/c1-13(2)15-8-7-9-16(14(3)4)17(15)19-12-18-10-5-6-11-18/h7-9,13-14H,5-6,10-12H2,1-4H3. The van der Waals surface area contributed by atoms with Crippen molar-refractivity contribution >= 4 is 0 Å². The number of para-hydroxylation sites is 1. The molecule has 2 rings (SSSR count). The van der Waals surface area contributed by atoms with Crippen molar-refractivity contribution in [3.8, 4) is 5.75 Å². The number of benzene rings is 1. The fourth-order valence-electron chi connectivity index (χ4n) is 2.72. The molecule has 2 heteroatoms. The van der Waals surface area contributed by atoms with Gasteiger partial charge in [0, 0.05) is 13.1 Å². The van der Waals surface area contributed by atoms with Crippen LogP contribution >= 0.6 is 0 Å². The zero-order valence-electron chi connectivity index (χ0n) is 12.8. The average molecular weight is 261 g/mol. The second kappa shape index (κ2) is 6.42. The summed E-state index contributed by atoms with van der Waals surface area (Å²) < 4.78 is 6.20. The van der Waals surface area contributed by atoms with E-state index in [1.807, 2.05) is 0 Å². The number of hydrogen-bond acceptors (Lipinski definition) is 2. The molecule has 1 aliphatic heterocycles. The van der Waals surface area contributed by atoms with Crippen molar-refractivity contribution in [1.82, 2.24) is 4.90 Å². The maximum atomic E-state index is 6.20. The molecule has 0 aliphatic carbocycles. The summed E-state index contributed by atoms with van der Waals surface area (Å²) in [5.41, 5.74) is 2.68. The highest BCUT2D eigenvalue weighted by atomic mass is 16.5. The van der Waals surface area contributed by atoms with E-state index in [2.05, 4.69) is 50.8 Å². The largest absolute Gasteiger partial charge is 0.478 e. The highest BCUT2D eigenvalue weighted by Gasteiger charge is 2.17. The van der Waals surface area contributed by atoms with Gasteiger partial charge in [-0.15, -0.1) is 0 Å². The first-order valence-electron chi connectivity index (χ1n) is 7.57. The first-order valence-corrected chi connectivity index (χ1v) is 7.57. The third-order valence-electron chi connectivity index (χ3n) is 3.91. The van der Waals surface area contributed by atoms with E-state index in [0.29, 0.717) is 11.8 Å². The van der Waals surface area contributed by atoms with Crippen LogP contribution in [0.5, 0.6) is 5.75 Å². The second-order valence-electron chi connectivity index (χ2n) is 6.17. The summed E-state index contributed by atoms with van der Waals surface area (Å²) in [6.07, 6.45) is 2.62. The van der Waals surface area contributed by atoms with E-state index in [0.717, 1.165) is 12.5 Å². The monoisotopic (exact) mass is 261 g/mol. The van der Waals surface area contributed by atoms with Gasteiger partial charge in [-0.25, -0.2) is 0 Å². The lowest BCUT2D eigenvalue weighted by Crippen LogP contribution is -2.25. The smallest absolute Gasteiger partial charge is 0.142 e. The Labute approximate surface area is 117 Å². The van der Waals surface area contributed by atoms with Gasteiger partial charge in [0.15, 0.2) is 0 Å². The van der Waals surface area contributed by atoms with E-state index in [1.165, 1.54) is 37.1 Å². The molecule has 0 atom stereocenters. The van der Waals surface area contributed by atoms with Crippen molar-refractivity contribution < 1.29 is 4.74 Å². The van der Waals surface area contributed by atoms with Gasteiger partial charge in [-0.1, -0.05) is 45.9 Å². The van der Waals surface area contributed by atoms with Crippen LogP contribution in [0.15, 0.2) is 18.2 Å². The van der Waals surface area contributed by atoms with Gasteiger partial charge in [0.1, 0.15) is 12.5 Å². The van der Waals surface area contributed by atoms with Gasteiger partial charge >= 0.3 is 0 Å². The van der Waals surface area contributed by atoms with Crippen LogP contribution in [0.4, 0.5) is 0 Å². The molecule has 0 aromatic heterocycles. The van der Waals surface area contributed by atoms with Gasteiger partial charge in [-0.2, -0.15) is 0 Å². The summed E-state index contributed by atoms with van der Waals surface area (Å²) in [6, 6.07) is 6.57. The number of ether oxygens (including phenoxy) is 1. The van der Waals surface area contributed by atoms with Crippen LogP contribution in [0.1, 0.15) is 63.5 Å². The Morgan fingerprint density at radius 1 is 1.00 bits per heavy atom. The predicted molar refractivity (Wildman–Crippen MR) is 80.9 cm³/mol. The minimum Gasteiger partial charge on any atom is -0.478 e. The fourth-order valence-corrected chi connectivity index (χ4v) is 2.72. The highest BCUT2D eigenvalue weighted by Crippen LogP contribution is 2.34. The molecule has 1 saturated heterocycles. The SMILES string of the molecule is CC(C)c1cccc(C(C)C)c1OCN1CCCC1. The number of likely N-dealkylation sites (tertiary alicyclic amines) is 1. The van der Waals surface area contributed by atoms with Crippen molar-refractivity contribution in [2.75, 3.05) is 19.8 Å². The number of nitrogens with zero attached hydrogens (tertiary/aromatic N) is 1. The number of rotatable bonds is 5. The summed E-state index contributed by atoms with van der Waals surface area (Å²) in [7, 11) is 0. The van der Waals surface area contributed by atoms with Gasteiger partial charge in [-0.05, 0) is 35.8 Å². The molecule has 1 fully saturated rings. The minimum absolute atomic E-state index is 0.507. The summed E-state index contributed by atoms with van der Waals surface area (Å²) >= 11 is 0. The molecular weight excluding hydrogens is 234 g/mol. The van der Waals surface area contributed by atoms with Crippen molar-refractivity contribution in [2.24, 2.45) is 0 Å². The second-order valence-corrected chi connectivity index (χ2v) is 6.17. The van der Waals surface area contributed by atoms with Crippen LogP contribution in [0.25, 0.3) is 0 Å². The number of hydrogen-bond donors (Lipinski definition) is 0. The Kier molecular flexibility index (Phi) is 4.87. The molecule has 0 amide bonds. The summed E-state index contributed by atoms with van der Waals surface area (Å²) in [4.78, 5) is 2.40. The van der Waals surface area contributed by atoms with E-state index in [9.17, 15) is 0 Å². The highest BCUT2D eigenvalue weighted by molar-refractivity contribution is 5.44. The maximum Gasteiger partial charge on any atom is 0.142 e. The lowest BCUT2D eigenvalue weighted by molar-refractivity contribution is 0.149. The van der Waals surface area contributed by atoms with Crippen molar-refractivity contribution in [3.63, 3.8) is 0 Å². The lowest BCUT2D eigenvalue weighted by atomic mass is 9.94. The van der Waals surface area contributed by atoms with Crippen LogP contribution in [-0.2, 0) is 0 Å². The third-order valence-corrected chi connectivity index (χ3v) is 3.91. The molecule has 19 heavy (non-hydrogen) atoms. The topological polar surface area (TPSA) is 12.5 Å². The molecule has 2 nitrogen and oxygen atoms in total. The Balaban J connectivity index is 2.19. The van der Waals surface area contributed by atoms with Crippen molar-refractivity contribution in [2.45, 2.75) is 52.4 Å². The van der Waals surface area contributed by atoms with Crippen LogP contribution in [0, 0.1) is 0 Å². The molecule has 1 aliphatic rings. The molecule has 0 saturated carbocycles. The fraction of sp³-hybridized carbons (Fsp3) is 0.647. The molecule has 0 unspecified atom stereocenters. The molecule has 0 radical (unpaired) electrons. The van der Waals surface area contributed by atoms with Crippen LogP contribution in [-0.4, -0.2) is 24.7 Å². The summed E-state index contributed by atoms with van der Waals surface area (Å²) in [5.74, 6) is 2.14. The van der Waals surface area contributed by atoms with Gasteiger partial charge in [0.05, 0.1) is 0 Å². The third kappa shape index (κ3) is 3.50. The van der Waals surface area contributed by atoms with Crippen LogP contribution < -0.4 is 4.74 Å². The van der Waals surface area contributed by atoms with Crippen LogP contribution in [0.3, 0.4) is 0 Å². The Morgan fingerprint density at radius 2 is 1.53 bits per heavy atom. The van der Waals surface area contributed by atoms with Gasteiger partial charge < -0.3 is 4.74 Å². The first-order chi connectivity index (χ1) is 9.09. The summed E-state index contributed by atoms with van der Waals surface area (Å²) in [6.45, 7) is 12.1. The van der Waals surface area contributed by atoms with Crippen LogP contribution in [0.2, 0.25) is 0 Å². The molecule has 106 valence electrons. The Bertz CT molecular complexity index is 379. The van der Waals surface area contributed by atoms with Crippen molar-refractivity contribution in [1.29, 1.82) is 0 Å². The van der Waals surface area contributed by atoms with Gasteiger partial charge in [0.2, 0.25) is 0 Å². The molecule has 1 aromatic carbocycles. The van der Waals surface area contributed by atoms with E-state index >= 15 is 0 Å².